The minimum Gasteiger partial charge on any atom is -0.456 e. The maximum atomic E-state index is 12.2. The van der Waals surface area contributed by atoms with Gasteiger partial charge in [0.2, 0.25) is 0 Å². The van der Waals surface area contributed by atoms with Crippen LogP contribution in [0.4, 0.5) is 18.3 Å². The Morgan fingerprint density at radius 2 is 1.83 bits per heavy atom. The molecule has 1 heterocycles. The Bertz CT molecular complexity index is 867. The summed E-state index contributed by atoms with van der Waals surface area (Å²) in [6.07, 6.45) is -4.77. The van der Waals surface area contributed by atoms with Crippen molar-refractivity contribution in [1.29, 1.82) is 0 Å². The fourth-order valence-electron chi connectivity index (χ4n) is 1.87. The Balaban J connectivity index is 1.83. The zero-order valence-electron chi connectivity index (χ0n) is 11.2. The van der Waals surface area contributed by atoms with Gasteiger partial charge in [0, 0.05) is 12.1 Å². The average Bonchev–Trinajstić information content (AvgIpc) is 2.79. The van der Waals surface area contributed by atoms with E-state index in [0.29, 0.717) is 10.9 Å². The monoisotopic (exact) mass is 360 g/mol. The van der Waals surface area contributed by atoms with Crippen LogP contribution in [0.1, 0.15) is 0 Å². The van der Waals surface area contributed by atoms with Gasteiger partial charge in [0.1, 0.15) is 17.2 Å². The van der Waals surface area contributed by atoms with E-state index in [1.54, 1.807) is 18.2 Å². The van der Waals surface area contributed by atoms with Gasteiger partial charge in [-0.1, -0.05) is 22.9 Å². The molecule has 0 radical (unpaired) electrons. The molecule has 2 N–H and O–H groups in total. The molecule has 0 amide bonds. The van der Waals surface area contributed by atoms with Gasteiger partial charge >= 0.3 is 6.36 Å². The van der Waals surface area contributed by atoms with E-state index in [0.717, 1.165) is 22.3 Å². The Morgan fingerprint density at radius 3 is 2.52 bits per heavy atom. The van der Waals surface area contributed by atoms with Crippen molar-refractivity contribution >= 4 is 38.3 Å². The second-order valence-corrected chi connectivity index (χ2v) is 5.89. The van der Waals surface area contributed by atoms with Crippen LogP contribution in [0.5, 0.6) is 17.2 Å². The van der Waals surface area contributed by atoms with Crippen LogP contribution in [0.25, 0.3) is 10.2 Å². The molecule has 3 aromatic rings. The number of hydrogen-bond acceptors (Lipinski definition) is 5. The predicted molar refractivity (Wildman–Crippen MR) is 82.2 cm³/mol. The SMILES string of the molecule is Nc1nc2ccc(Oc3ccc(OC(F)(F)F)cc3Cl)cc2s1. The van der Waals surface area contributed by atoms with Crippen LogP contribution in [-0.4, -0.2) is 11.3 Å². The zero-order chi connectivity index (χ0) is 16.6. The zero-order valence-corrected chi connectivity index (χ0v) is 12.8. The van der Waals surface area contributed by atoms with Gasteiger partial charge in [-0.05, 0) is 24.3 Å². The second kappa shape index (κ2) is 5.78. The molecule has 0 unspecified atom stereocenters. The first-order chi connectivity index (χ1) is 10.8. The third kappa shape index (κ3) is 3.77. The number of anilines is 1. The van der Waals surface area contributed by atoms with Gasteiger partial charge in [0.25, 0.3) is 0 Å². The topological polar surface area (TPSA) is 57.4 Å². The highest BCUT2D eigenvalue weighted by Crippen LogP contribution is 2.36. The van der Waals surface area contributed by atoms with Gasteiger partial charge in [0.05, 0.1) is 15.2 Å². The number of nitrogen functional groups attached to an aromatic ring is 1. The summed E-state index contributed by atoms with van der Waals surface area (Å²) in [5, 5.41) is 0.430. The van der Waals surface area contributed by atoms with E-state index in [9.17, 15) is 13.2 Å². The van der Waals surface area contributed by atoms with Crippen molar-refractivity contribution in [2.75, 3.05) is 5.73 Å². The molecule has 0 bridgehead atoms. The predicted octanol–water partition coefficient (Wildman–Crippen LogP) is 5.22. The Hall–Kier alpha value is -2.19. The number of thiazole rings is 1. The molecule has 1 aromatic heterocycles. The molecule has 0 aliphatic heterocycles. The van der Waals surface area contributed by atoms with E-state index in [4.69, 9.17) is 22.1 Å². The molecule has 0 fully saturated rings. The molecule has 0 atom stereocenters. The molecule has 4 nitrogen and oxygen atoms in total. The molecular formula is C14H8ClF3N2O2S. The summed E-state index contributed by atoms with van der Waals surface area (Å²) in [5.41, 5.74) is 6.36. The third-order valence-corrected chi connectivity index (χ3v) is 3.88. The molecule has 9 heteroatoms. The van der Waals surface area contributed by atoms with E-state index in [-0.39, 0.29) is 10.8 Å². The number of fused-ring (bicyclic) bond motifs is 1. The number of rotatable bonds is 3. The van der Waals surface area contributed by atoms with Crippen molar-refractivity contribution in [3.05, 3.63) is 41.4 Å². The molecule has 3 rings (SSSR count). The largest absolute Gasteiger partial charge is 0.573 e. The quantitative estimate of drug-likeness (QED) is 0.695. The Kier molecular flexibility index (Phi) is 3.95. The number of aromatic nitrogens is 1. The van der Waals surface area contributed by atoms with E-state index in [1.165, 1.54) is 17.4 Å². The summed E-state index contributed by atoms with van der Waals surface area (Å²) in [6.45, 7) is 0. The van der Waals surface area contributed by atoms with Crippen molar-refractivity contribution in [3.8, 4) is 17.2 Å². The summed E-state index contributed by atoms with van der Waals surface area (Å²) in [7, 11) is 0. The van der Waals surface area contributed by atoms with Gasteiger partial charge in [0.15, 0.2) is 5.13 Å². The first-order valence-electron chi connectivity index (χ1n) is 6.19. The van der Waals surface area contributed by atoms with Crippen LogP contribution in [0.3, 0.4) is 0 Å². The third-order valence-electron chi connectivity index (χ3n) is 2.74. The van der Waals surface area contributed by atoms with Gasteiger partial charge < -0.3 is 15.2 Å². The number of alkyl halides is 3. The van der Waals surface area contributed by atoms with Gasteiger partial charge in [-0.15, -0.1) is 13.2 Å². The van der Waals surface area contributed by atoms with Crippen molar-refractivity contribution < 1.29 is 22.6 Å². The van der Waals surface area contributed by atoms with Gasteiger partial charge in [-0.25, -0.2) is 4.98 Å². The maximum absolute atomic E-state index is 12.2. The number of benzene rings is 2. The highest BCUT2D eigenvalue weighted by atomic mass is 35.5. The van der Waals surface area contributed by atoms with Crippen molar-refractivity contribution in [2.24, 2.45) is 0 Å². The van der Waals surface area contributed by atoms with Crippen LogP contribution in [-0.2, 0) is 0 Å². The van der Waals surface area contributed by atoms with E-state index in [2.05, 4.69) is 9.72 Å². The fraction of sp³-hybridized carbons (Fsp3) is 0.0714. The average molecular weight is 361 g/mol. The minimum atomic E-state index is -4.77. The number of nitrogens with zero attached hydrogens (tertiary/aromatic N) is 1. The summed E-state index contributed by atoms with van der Waals surface area (Å²) in [6, 6.07) is 8.57. The highest BCUT2D eigenvalue weighted by Gasteiger charge is 2.31. The molecule has 120 valence electrons. The molecular weight excluding hydrogens is 353 g/mol. The highest BCUT2D eigenvalue weighted by molar-refractivity contribution is 7.22. The molecule has 0 spiro atoms. The van der Waals surface area contributed by atoms with Crippen LogP contribution >= 0.6 is 22.9 Å². The van der Waals surface area contributed by atoms with Crippen LogP contribution in [0.2, 0.25) is 5.02 Å². The standard InChI is InChI=1S/C14H8ClF3N2O2S/c15-9-5-8(22-14(16,17)18)2-4-11(9)21-7-1-3-10-12(6-7)23-13(19)20-10/h1-6H,(H2,19,20). The maximum Gasteiger partial charge on any atom is 0.573 e. The van der Waals surface area contributed by atoms with Gasteiger partial charge in [-0.2, -0.15) is 0 Å². The number of nitrogens with two attached hydrogens (primary N) is 1. The molecule has 0 aliphatic carbocycles. The molecule has 23 heavy (non-hydrogen) atoms. The van der Waals surface area contributed by atoms with Crippen molar-refractivity contribution in [1.82, 2.24) is 4.98 Å². The number of hydrogen-bond donors (Lipinski definition) is 1. The molecule has 0 saturated heterocycles. The summed E-state index contributed by atoms with van der Waals surface area (Å²) >= 11 is 7.23. The molecule has 0 saturated carbocycles. The smallest absolute Gasteiger partial charge is 0.456 e. The van der Waals surface area contributed by atoms with E-state index < -0.39 is 12.1 Å². The molecule has 2 aromatic carbocycles. The van der Waals surface area contributed by atoms with Crippen molar-refractivity contribution in [3.63, 3.8) is 0 Å². The normalized spacial score (nSPS) is 11.7. The van der Waals surface area contributed by atoms with Crippen molar-refractivity contribution in [2.45, 2.75) is 6.36 Å². The van der Waals surface area contributed by atoms with Crippen LogP contribution < -0.4 is 15.2 Å². The lowest BCUT2D eigenvalue weighted by Crippen LogP contribution is -2.17. The van der Waals surface area contributed by atoms with Crippen LogP contribution in [0, 0.1) is 0 Å². The Labute approximate surface area is 137 Å². The van der Waals surface area contributed by atoms with E-state index in [1.807, 2.05) is 0 Å². The van der Waals surface area contributed by atoms with Gasteiger partial charge in [-0.3, -0.25) is 0 Å². The Morgan fingerprint density at radius 1 is 1.09 bits per heavy atom. The molecule has 0 aliphatic rings. The lowest BCUT2D eigenvalue weighted by Gasteiger charge is -2.11. The lowest BCUT2D eigenvalue weighted by molar-refractivity contribution is -0.274. The summed E-state index contributed by atoms with van der Waals surface area (Å²) < 4.78 is 46.7. The fourth-order valence-corrected chi connectivity index (χ4v) is 2.85. The van der Waals surface area contributed by atoms with E-state index >= 15 is 0 Å². The lowest BCUT2D eigenvalue weighted by atomic mass is 10.3. The number of halogens is 4. The first-order valence-corrected chi connectivity index (χ1v) is 7.39. The second-order valence-electron chi connectivity index (χ2n) is 4.42. The summed E-state index contributed by atoms with van der Waals surface area (Å²) in [4.78, 5) is 4.12. The minimum absolute atomic E-state index is 0.00401. The number of ether oxygens (including phenoxy) is 2. The first kappa shape index (κ1) is 15.7. The summed E-state index contributed by atoms with van der Waals surface area (Å²) in [5.74, 6) is 0.256. The van der Waals surface area contributed by atoms with Crippen LogP contribution in [0.15, 0.2) is 36.4 Å².